The van der Waals surface area contributed by atoms with Crippen LogP contribution in [0.1, 0.15) is 0 Å². The van der Waals surface area contributed by atoms with Gasteiger partial charge in [0.25, 0.3) is 0 Å². The minimum atomic E-state index is -5.02. The smallest absolute Gasteiger partial charge is 0.213 e. The first-order valence-corrected chi connectivity index (χ1v) is 16.8. The molecule has 0 unspecified atom stereocenters. The van der Waals surface area contributed by atoms with Crippen molar-refractivity contribution < 1.29 is 54.1 Å². The fourth-order valence-electron chi connectivity index (χ4n) is 4.22. The quantitative estimate of drug-likeness (QED) is 0.195. The first kappa shape index (κ1) is 27.4. The molecule has 208 valence electrons. The number of phenolic OH excluding ortho intramolecular Hbond substituents is 4. The molecule has 8 bridgehead atoms. The van der Waals surface area contributed by atoms with Crippen molar-refractivity contribution in [1.82, 2.24) is 0 Å². The molecule has 0 aliphatic carbocycles. The lowest BCUT2D eigenvalue weighted by atomic mass is 10.3. The predicted molar refractivity (Wildman–Crippen MR) is 134 cm³/mol. The molecule has 0 saturated carbocycles. The number of sulfone groups is 4. The highest BCUT2D eigenvalue weighted by Gasteiger charge is 2.38. The lowest BCUT2D eigenvalue weighted by molar-refractivity contribution is 0.433. The number of rotatable bonds is 0. The van der Waals surface area contributed by atoms with Gasteiger partial charge in [0.1, 0.15) is 39.2 Å². The van der Waals surface area contributed by atoms with E-state index < -0.39 is 102 Å². The van der Waals surface area contributed by atoms with Crippen molar-refractivity contribution in [3.05, 3.63) is 72.8 Å². The van der Waals surface area contributed by atoms with Crippen molar-refractivity contribution in [2.24, 2.45) is 0 Å². The molecule has 4 aromatic carbocycles. The molecule has 1 aliphatic rings. The summed E-state index contributed by atoms with van der Waals surface area (Å²) in [5.41, 5.74) is 0. The molecule has 0 aromatic heterocycles. The number of para-hydroxylation sites is 4. The van der Waals surface area contributed by atoms with E-state index in [0.29, 0.717) is 0 Å². The first-order chi connectivity index (χ1) is 18.6. The molecule has 0 saturated heterocycles. The van der Waals surface area contributed by atoms with Crippen molar-refractivity contribution >= 4 is 39.3 Å². The van der Waals surface area contributed by atoms with Gasteiger partial charge >= 0.3 is 0 Å². The molecule has 5 rings (SSSR count). The van der Waals surface area contributed by atoms with Crippen LogP contribution in [-0.2, 0) is 39.3 Å². The van der Waals surface area contributed by atoms with Gasteiger partial charge in [-0.2, -0.15) is 0 Å². The van der Waals surface area contributed by atoms with Crippen LogP contribution in [0.2, 0.25) is 0 Å². The SMILES string of the molecule is O=S1(=O)c2cccc(c2O)S(=O)(=O)c2cccc(c2O)S(=O)(=O)c2cccc(c2O)S(=O)(=O)c2cccc1c2O. The Morgan fingerprint density at radius 2 is 0.425 bits per heavy atom. The Morgan fingerprint density at radius 3 is 0.550 bits per heavy atom. The van der Waals surface area contributed by atoms with E-state index in [-0.39, 0.29) is 0 Å². The van der Waals surface area contributed by atoms with Crippen molar-refractivity contribution in [2.75, 3.05) is 0 Å². The summed E-state index contributed by atoms with van der Waals surface area (Å²) < 4.78 is 108. The summed E-state index contributed by atoms with van der Waals surface area (Å²) in [7, 11) is -20.1. The second-order valence-electron chi connectivity index (χ2n) is 8.43. The number of aromatic hydroxyl groups is 4. The van der Waals surface area contributed by atoms with Gasteiger partial charge < -0.3 is 20.4 Å². The molecule has 0 fully saturated rings. The normalized spacial score (nSPS) is 18.0. The van der Waals surface area contributed by atoms with Gasteiger partial charge in [-0.1, -0.05) is 24.3 Å². The topological polar surface area (TPSA) is 217 Å². The summed E-state index contributed by atoms with van der Waals surface area (Å²) in [6, 6.07) is 10.1. The fourth-order valence-corrected chi connectivity index (χ4v) is 10.4. The third kappa shape index (κ3) is 3.67. The Hall–Kier alpha value is -4.12. The van der Waals surface area contributed by atoms with Gasteiger partial charge in [-0.05, 0) is 48.5 Å². The van der Waals surface area contributed by atoms with E-state index in [2.05, 4.69) is 0 Å². The Bertz CT molecular complexity index is 1770. The Labute approximate surface area is 227 Å². The number of hydrogen-bond donors (Lipinski definition) is 4. The summed E-state index contributed by atoms with van der Waals surface area (Å²) in [5.74, 6) is -5.34. The third-order valence-electron chi connectivity index (χ3n) is 6.16. The monoisotopic (exact) mass is 624 g/mol. The minimum absolute atomic E-state index is 0.795. The molecule has 0 amide bonds. The van der Waals surface area contributed by atoms with Crippen LogP contribution in [0.4, 0.5) is 0 Å². The maximum Gasteiger partial charge on any atom is 0.213 e. The molecule has 16 heteroatoms. The lowest BCUT2D eigenvalue weighted by Crippen LogP contribution is -2.12. The molecular weight excluding hydrogens is 609 g/mol. The van der Waals surface area contributed by atoms with E-state index >= 15 is 0 Å². The van der Waals surface area contributed by atoms with Crippen LogP contribution in [0.3, 0.4) is 0 Å². The second-order valence-corrected chi connectivity index (χ2v) is 16.0. The van der Waals surface area contributed by atoms with Gasteiger partial charge in [0.05, 0.1) is 0 Å². The van der Waals surface area contributed by atoms with Gasteiger partial charge in [-0.25, -0.2) is 33.7 Å². The van der Waals surface area contributed by atoms with Gasteiger partial charge in [-0.15, -0.1) is 0 Å². The van der Waals surface area contributed by atoms with E-state index in [1.165, 1.54) is 0 Å². The zero-order valence-corrected chi connectivity index (χ0v) is 22.9. The van der Waals surface area contributed by atoms with Crippen LogP contribution in [0.25, 0.3) is 0 Å². The van der Waals surface area contributed by atoms with Gasteiger partial charge in [0.2, 0.25) is 39.3 Å². The van der Waals surface area contributed by atoms with Crippen molar-refractivity contribution in [1.29, 1.82) is 0 Å². The summed E-state index contributed by atoms with van der Waals surface area (Å²) in [4.78, 5) is -8.34. The molecule has 0 atom stereocenters. The minimum Gasteiger partial charge on any atom is -0.505 e. The van der Waals surface area contributed by atoms with Gasteiger partial charge in [-0.3, -0.25) is 0 Å². The number of phenols is 4. The number of fused-ring (bicyclic) bond motifs is 8. The highest BCUT2D eigenvalue weighted by molar-refractivity contribution is 7.93. The molecular formula is C24H16O12S4. The van der Waals surface area contributed by atoms with E-state index in [1.807, 2.05) is 0 Å². The van der Waals surface area contributed by atoms with Crippen LogP contribution in [-0.4, -0.2) is 54.1 Å². The fraction of sp³-hybridized carbons (Fsp3) is 0. The van der Waals surface area contributed by atoms with E-state index in [1.54, 1.807) is 0 Å². The third-order valence-corrected chi connectivity index (χ3v) is 13.4. The summed E-state index contributed by atoms with van der Waals surface area (Å²) in [5, 5.41) is 43.3. The molecule has 40 heavy (non-hydrogen) atoms. The van der Waals surface area contributed by atoms with Crippen molar-refractivity contribution in [3.63, 3.8) is 0 Å². The second kappa shape index (κ2) is 8.69. The lowest BCUT2D eigenvalue weighted by Gasteiger charge is -2.17. The molecule has 0 radical (unpaired) electrons. The van der Waals surface area contributed by atoms with Crippen LogP contribution < -0.4 is 0 Å². The molecule has 1 heterocycles. The number of benzene rings is 4. The summed E-state index contributed by atoms with van der Waals surface area (Å²) in [6.45, 7) is 0. The number of hydrogen-bond acceptors (Lipinski definition) is 12. The van der Waals surface area contributed by atoms with Crippen LogP contribution in [0.5, 0.6) is 23.0 Å². The van der Waals surface area contributed by atoms with E-state index in [0.717, 1.165) is 72.8 Å². The molecule has 4 N–H and O–H groups in total. The molecule has 0 spiro atoms. The zero-order chi connectivity index (χ0) is 29.4. The van der Waals surface area contributed by atoms with Gasteiger partial charge in [0.15, 0.2) is 23.0 Å². The van der Waals surface area contributed by atoms with Crippen LogP contribution in [0, 0.1) is 0 Å². The van der Waals surface area contributed by atoms with Crippen LogP contribution >= 0.6 is 0 Å². The molecule has 1 aliphatic heterocycles. The van der Waals surface area contributed by atoms with E-state index in [9.17, 15) is 54.1 Å². The largest absolute Gasteiger partial charge is 0.505 e. The Balaban J connectivity index is 2.03. The van der Waals surface area contributed by atoms with Crippen molar-refractivity contribution in [3.8, 4) is 23.0 Å². The van der Waals surface area contributed by atoms with E-state index in [4.69, 9.17) is 0 Å². The maximum absolute atomic E-state index is 13.5. The average molecular weight is 625 g/mol. The first-order valence-electron chi connectivity index (χ1n) is 10.8. The standard InChI is InChI=1S/C24H16O12S4/c25-21-13-5-1-6-14(21)38(31,32)16-8-3-10-18(23(16)27)40(35,36)20-12-4-11-19(24(20)28)39(33,34)17-9-2-7-15(22(17)26)37(13,29)30/h1-12,25-28H. The maximum atomic E-state index is 13.5. The zero-order valence-electron chi connectivity index (χ0n) is 19.6. The Kier molecular flexibility index (Phi) is 5.96. The van der Waals surface area contributed by atoms with Crippen LogP contribution in [0.15, 0.2) is 112 Å². The highest BCUT2D eigenvalue weighted by Crippen LogP contribution is 2.46. The van der Waals surface area contributed by atoms with Gasteiger partial charge in [0, 0.05) is 0 Å². The summed E-state index contributed by atoms with van der Waals surface area (Å²) >= 11 is 0. The molecule has 12 nitrogen and oxygen atoms in total. The Morgan fingerprint density at radius 1 is 0.300 bits per heavy atom. The summed E-state index contributed by atoms with van der Waals surface area (Å²) in [6.07, 6.45) is 0. The predicted octanol–water partition coefficient (Wildman–Crippen LogP) is 2.15. The average Bonchev–Trinajstić information content (AvgIpc) is 2.87. The molecule has 4 aromatic rings. The highest BCUT2D eigenvalue weighted by atomic mass is 32.2. The van der Waals surface area contributed by atoms with Crippen molar-refractivity contribution in [2.45, 2.75) is 39.2 Å².